The van der Waals surface area contributed by atoms with Crippen LogP contribution in [0.15, 0.2) is 18.2 Å². The first-order valence-corrected chi connectivity index (χ1v) is 6.15. The molecule has 0 aliphatic carbocycles. The van der Waals surface area contributed by atoms with Crippen molar-refractivity contribution in [3.8, 4) is 0 Å². The summed E-state index contributed by atoms with van der Waals surface area (Å²) in [5.74, 6) is -0.396. The van der Waals surface area contributed by atoms with E-state index in [1.54, 1.807) is 13.0 Å². The van der Waals surface area contributed by atoms with Crippen molar-refractivity contribution in [3.63, 3.8) is 0 Å². The number of rotatable bonds is 4. The predicted octanol–water partition coefficient (Wildman–Crippen LogP) is 2.29. The van der Waals surface area contributed by atoms with Crippen molar-refractivity contribution < 1.29 is 9.18 Å². The average molecular weight is 252 g/mol. The Hall–Kier alpha value is -1.42. The molecule has 0 aliphatic rings. The van der Waals surface area contributed by atoms with E-state index in [1.807, 2.05) is 26.8 Å². The summed E-state index contributed by atoms with van der Waals surface area (Å²) in [6.07, 6.45) is 0. The lowest BCUT2D eigenvalue weighted by molar-refractivity contribution is -0.123. The molecule has 1 amide bonds. The second-order valence-electron chi connectivity index (χ2n) is 5.01. The van der Waals surface area contributed by atoms with Gasteiger partial charge in [-0.15, -0.1) is 0 Å². The molecule has 0 spiro atoms. The number of hydrogen-bond acceptors (Lipinski definition) is 2. The zero-order chi connectivity index (χ0) is 13.9. The van der Waals surface area contributed by atoms with E-state index in [0.29, 0.717) is 5.56 Å². The Morgan fingerprint density at radius 3 is 2.44 bits per heavy atom. The van der Waals surface area contributed by atoms with Crippen LogP contribution in [0.5, 0.6) is 0 Å². The molecule has 0 saturated heterocycles. The zero-order valence-corrected chi connectivity index (χ0v) is 11.3. The average Bonchev–Trinajstić information content (AvgIpc) is 2.31. The van der Waals surface area contributed by atoms with Gasteiger partial charge in [0.15, 0.2) is 0 Å². The van der Waals surface area contributed by atoms with E-state index in [1.165, 1.54) is 6.07 Å². The molecule has 1 aromatic carbocycles. The number of nitrogens with one attached hydrogen (secondary N) is 1. The van der Waals surface area contributed by atoms with Gasteiger partial charge in [0.25, 0.3) is 0 Å². The van der Waals surface area contributed by atoms with E-state index in [0.717, 1.165) is 5.56 Å². The minimum absolute atomic E-state index is 0.0759. The minimum Gasteiger partial charge on any atom is -0.348 e. The van der Waals surface area contributed by atoms with Gasteiger partial charge in [-0.25, -0.2) is 4.39 Å². The molecule has 0 saturated carbocycles. The highest BCUT2D eigenvalue weighted by atomic mass is 19.1. The van der Waals surface area contributed by atoms with Gasteiger partial charge in [-0.2, -0.15) is 0 Å². The van der Waals surface area contributed by atoms with Gasteiger partial charge in [-0.3, -0.25) is 4.79 Å². The smallest absolute Gasteiger partial charge is 0.237 e. The van der Waals surface area contributed by atoms with Crippen molar-refractivity contribution in [2.24, 2.45) is 11.7 Å². The lowest BCUT2D eigenvalue weighted by atomic mass is 10.0. The molecule has 18 heavy (non-hydrogen) atoms. The zero-order valence-electron chi connectivity index (χ0n) is 11.3. The third-order valence-corrected chi connectivity index (χ3v) is 3.08. The van der Waals surface area contributed by atoms with Crippen LogP contribution in [0.2, 0.25) is 0 Å². The Morgan fingerprint density at radius 1 is 1.33 bits per heavy atom. The van der Waals surface area contributed by atoms with Gasteiger partial charge in [0.2, 0.25) is 5.91 Å². The number of carbonyl (C=O) groups excluding carboxylic acids is 1. The number of halogens is 1. The summed E-state index contributed by atoms with van der Waals surface area (Å²) in [5, 5.41) is 2.79. The largest absolute Gasteiger partial charge is 0.348 e. The van der Waals surface area contributed by atoms with E-state index in [2.05, 4.69) is 5.32 Å². The fourth-order valence-corrected chi connectivity index (χ4v) is 1.57. The van der Waals surface area contributed by atoms with Gasteiger partial charge in [-0.05, 0) is 37.0 Å². The minimum atomic E-state index is -0.539. The molecule has 0 fully saturated rings. The molecule has 3 nitrogen and oxygen atoms in total. The molecule has 3 N–H and O–H groups in total. The van der Waals surface area contributed by atoms with E-state index in [9.17, 15) is 9.18 Å². The van der Waals surface area contributed by atoms with Crippen LogP contribution in [0.1, 0.15) is 37.9 Å². The molecule has 100 valence electrons. The van der Waals surface area contributed by atoms with Crippen LogP contribution >= 0.6 is 0 Å². The molecule has 2 atom stereocenters. The number of amides is 1. The maximum Gasteiger partial charge on any atom is 0.237 e. The van der Waals surface area contributed by atoms with Gasteiger partial charge >= 0.3 is 0 Å². The highest BCUT2D eigenvalue weighted by Crippen LogP contribution is 2.16. The van der Waals surface area contributed by atoms with E-state index >= 15 is 0 Å². The molecular weight excluding hydrogens is 231 g/mol. The molecule has 0 heterocycles. The van der Waals surface area contributed by atoms with Crippen molar-refractivity contribution in [1.29, 1.82) is 0 Å². The maximum absolute atomic E-state index is 13.4. The van der Waals surface area contributed by atoms with Crippen LogP contribution in [0.4, 0.5) is 4.39 Å². The Labute approximate surface area is 108 Å². The van der Waals surface area contributed by atoms with Crippen molar-refractivity contribution in [3.05, 3.63) is 35.1 Å². The van der Waals surface area contributed by atoms with Gasteiger partial charge in [0.05, 0.1) is 12.1 Å². The summed E-state index contributed by atoms with van der Waals surface area (Å²) in [4.78, 5) is 11.8. The molecule has 1 unspecified atom stereocenters. The third kappa shape index (κ3) is 3.53. The number of aryl methyl sites for hydroxylation is 1. The molecule has 1 aromatic rings. The van der Waals surface area contributed by atoms with Crippen LogP contribution in [0.25, 0.3) is 0 Å². The van der Waals surface area contributed by atoms with Gasteiger partial charge in [-0.1, -0.05) is 26.0 Å². The summed E-state index contributed by atoms with van der Waals surface area (Å²) in [5.41, 5.74) is 7.09. The Morgan fingerprint density at radius 2 is 1.94 bits per heavy atom. The lowest BCUT2D eigenvalue weighted by Crippen LogP contribution is -2.44. The van der Waals surface area contributed by atoms with Gasteiger partial charge in [0, 0.05) is 0 Å². The molecule has 0 aromatic heterocycles. The van der Waals surface area contributed by atoms with Crippen molar-refractivity contribution in [2.75, 3.05) is 0 Å². The quantitative estimate of drug-likeness (QED) is 0.864. The standard InChI is InChI=1S/C14H21FN2O/c1-8(2)13(16)14(18)17-10(4)11-6-5-9(3)12(15)7-11/h5-8,10,13H,16H2,1-4H3,(H,17,18)/t10?,13-/m0/s1. The Bertz CT molecular complexity index is 432. The van der Waals surface area contributed by atoms with Crippen LogP contribution in [0.3, 0.4) is 0 Å². The lowest BCUT2D eigenvalue weighted by Gasteiger charge is -2.20. The molecular formula is C14H21FN2O. The first kappa shape index (κ1) is 14.6. The van der Waals surface area contributed by atoms with E-state index in [4.69, 9.17) is 5.73 Å². The topological polar surface area (TPSA) is 55.1 Å². The number of nitrogens with two attached hydrogens (primary N) is 1. The number of carbonyl (C=O) groups is 1. The summed E-state index contributed by atoms with van der Waals surface area (Å²) in [7, 11) is 0. The van der Waals surface area contributed by atoms with E-state index in [-0.39, 0.29) is 23.7 Å². The monoisotopic (exact) mass is 252 g/mol. The normalized spacial score (nSPS) is 14.4. The van der Waals surface area contributed by atoms with Crippen molar-refractivity contribution in [2.45, 2.75) is 39.8 Å². The fourth-order valence-electron chi connectivity index (χ4n) is 1.57. The van der Waals surface area contributed by atoms with Crippen molar-refractivity contribution in [1.82, 2.24) is 5.32 Å². The Kier molecular flexibility index (Phi) is 4.84. The molecule has 0 aliphatic heterocycles. The van der Waals surface area contributed by atoms with Crippen LogP contribution in [0, 0.1) is 18.7 Å². The predicted molar refractivity (Wildman–Crippen MR) is 70.5 cm³/mol. The SMILES string of the molecule is Cc1ccc(C(C)NC(=O)[C@@H](N)C(C)C)cc1F. The fraction of sp³-hybridized carbons (Fsp3) is 0.500. The highest BCUT2D eigenvalue weighted by molar-refractivity contribution is 5.82. The summed E-state index contributed by atoms with van der Waals surface area (Å²) in [6.45, 7) is 7.30. The van der Waals surface area contributed by atoms with Crippen LogP contribution < -0.4 is 11.1 Å². The molecule has 4 heteroatoms. The highest BCUT2D eigenvalue weighted by Gasteiger charge is 2.19. The summed E-state index contributed by atoms with van der Waals surface area (Å²) >= 11 is 0. The molecule has 0 radical (unpaired) electrons. The first-order chi connectivity index (χ1) is 8.32. The number of benzene rings is 1. The first-order valence-electron chi connectivity index (χ1n) is 6.15. The molecule has 0 bridgehead atoms. The maximum atomic E-state index is 13.4. The summed E-state index contributed by atoms with van der Waals surface area (Å²) in [6, 6.07) is 4.17. The van der Waals surface area contributed by atoms with E-state index < -0.39 is 6.04 Å². The third-order valence-electron chi connectivity index (χ3n) is 3.08. The second kappa shape index (κ2) is 5.96. The second-order valence-corrected chi connectivity index (χ2v) is 5.01. The van der Waals surface area contributed by atoms with Crippen molar-refractivity contribution >= 4 is 5.91 Å². The van der Waals surface area contributed by atoms with Gasteiger partial charge < -0.3 is 11.1 Å². The summed E-state index contributed by atoms with van der Waals surface area (Å²) < 4.78 is 13.4. The Balaban J connectivity index is 2.73. The number of hydrogen-bond donors (Lipinski definition) is 2. The van der Waals surface area contributed by atoms with Crippen LogP contribution in [-0.4, -0.2) is 11.9 Å². The van der Waals surface area contributed by atoms with Gasteiger partial charge in [0.1, 0.15) is 5.82 Å². The van der Waals surface area contributed by atoms with Crippen LogP contribution in [-0.2, 0) is 4.79 Å². The molecule has 1 rings (SSSR count).